The maximum Gasteiger partial charge on any atom is 0.239 e. The summed E-state index contributed by atoms with van der Waals surface area (Å²) in [6.07, 6.45) is 0.250. The fourth-order valence-corrected chi connectivity index (χ4v) is 1.32. The first-order chi connectivity index (χ1) is 8.11. The van der Waals surface area contributed by atoms with Crippen molar-refractivity contribution in [2.24, 2.45) is 0 Å². The lowest BCUT2D eigenvalue weighted by atomic mass is 10.1. The summed E-state index contributed by atoms with van der Waals surface area (Å²) >= 11 is 0. The Bertz CT molecular complexity index is 393. The molecule has 18 heavy (non-hydrogen) atoms. The van der Waals surface area contributed by atoms with E-state index in [4.69, 9.17) is 5.73 Å². The van der Waals surface area contributed by atoms with Crippen LogP contribution in [-0.2, 0) is 16.0 Å². The predicted molar refractivity (Wildman–Crippen MR) is 73.5 cm³/mol. The van der Waals surface area contributed by atoms with Crippen LogP contribution >= 0.6 is 12.4 Å². The van der Waals surface area contributed by atoms with E-state index >= 15 is 0 Å². The van der Waals surface area contributed by atoms with E-state index in [0.717, 1.165) is 5.56 Å². The fourth-order valence-electron chi connectivity index (χ4n) is 1.32. The summed E-state index contributed by atoms with van der Waals surface area (Å²) in [5.41, 5.74) is 7.07. The molecule has 0 bridgehead atoms. The van der Waals surface area contributed by atoms with Crippen molar-refractivity contribution >= 4 is 29.9 Å². The highest BCUT2D eigenvalue weighted by Gasteiger charge is 2.05. The van der Waals surface area contributed by atoms with Gasteiger partial charge in [-0.3, -0.25) is 9.59 Å². The Morgan fingerprint density at radius 1 is 1.11 bits per heavy atom. The summed E-state index contributed by atoms with van der Waals surface area (Å²) in [7, 11) is 0. The number of carbonyl (C=O) groups is 2. The van der Waals surface area contributed by atoms with Crippen LogP contribution in [0.5, 0.6) is 0 Å². The van der Waals surface area contributed by atoms with E-state index in [1.54, 1.807) is 24.3 Å². The smallest absolute Gasteiger partial charge is 0.239 e. The van der Waals surface area contributed by atoms with Crippen LogP contribution in [0.25, 0.3) is 0 Å². The minimum absolute atomic E-state index is 0. The number of nitrogens with one attached hydrogen (secondary N) is 2. The number of anilines is 1. The highest BCUT2D eigenvalue weighted by molar-refractivity contribution is 5.86. The van der Waals surface area contributed by atoms with Gasteiger partial charge in [0, 0.05) is 12.2 Å². The van der Waals surface area contributed by atoms with Crippen LogP contribution in [0, 0.1) is 0 Å². The zero-order valence-corrected chi connectivity index (χ0v) is 11.0. The number of nitrogens with two attached hydrogens (primary N) is 1. The molecule has 0 spiro atoms. The molecule has 1 aromatic carbocycles. The third-order valence-corrected chi connectivity index (χ3v) is 2.16. The van der Waals surface area contributed by atoms with Crippen molar-refractivity contribution in [3.63, 3.8) is 0 Å². The molecule has 0 aliphatic rings. The van der Waals surface area contributed by atoms with Crippen LogP contribution in [0.2, 0.25) is 0 Å². The Hall–Kier alpha value is -1.75. The van der Waals surface area contributed by atoms with Crippen LogP contribution in [0.3, 0.4) is 0 Å². The van der Waals surface area contributed by atoms with Crippen molar-refractivity contribution in [2.45, 2.75) is 13.3 Å². The first kappa shape index (κ1) is 16.2. The SMILES string of the molecule is CCNC(=O)CNC(=O)Cc1ccc(N)cc1.Cl. The van der Waals surface area contributed by atoms with Gasteiger partial charge in [-0.1, -0.05) is 12.1 Å². The lowest BCUT2D eigenvalue weighted by molar-refractivity contribution is -0.125. The average molecular weight is 272 g/mol. The summed E-state index contributed by atoms with van der Waals surface area (Å²) in [6.45, 7) is 2.41. The number of hydrogen-bond acceptors (Lipinski definition) is 3. The van der Waals surface area contributed by atoms with E-state index in [0.29, 0.717) is 12.2 Å². The summed E-state index contributed by atoms with van der Waals surface area (Å²) in [4.78, 5) is 22.6. The van der Waals surface area contributed by atoms with Gasteiger partial charge in [-0.05, 0) is 24.6 Å². The van der Waals surface area contributed by atoms with E-state index in [2.05, 4.69) is 10.6 Å². The Kier molecular flexibility index (Phi) is 7.54. The van der Waals surface area contributed by atoms with Crippen LogP contribution < -0.4 is 16.4 Å². The van der Waals surface area contributed by atoms with Crippen molar-refractivity contribution in [3.05, 3.63) is 29.8 Å². The molecule has 0 saturated carbocycles. The highest BCUT2D eigenvalue weighted by atomic mass is 35.5. The molecule has 1 rings (SSSR count). The van der Waals surface area contributed by atoms with E-state index < -0.39 is 0 Å². The molecule has 4 N–H and O–H groups in total. The van der Waals surface area contributed by atoms with Gasteiger partial charge in [0.1, 0.15) is 0 Å². The lowest BCUT2D eigenvalue weighted by Gasteiger charge is -2.05. The fraction of sp³-hybridized carbons (Fsp3) is 0.333. The van der Waals surface area contributed by atoms with Crippen LogP contribution in [-0.4, -0.2) is 24.9 Å². The molecule has 0 heterocycles. The van der Waals surface area contributed by atoms with Crippen molar-refractivity contribution in [3.8, 4) is 0 Å². The minimum Gasteiger partial charge on any atom is -0.399 e. The molecular formula is C12H18ClN3O2. The number of rotatable bonds is 5. The second-order valence-corrected chi connectivity index (χ2v) is 3.65. The largest absolute Gasteiger partial charge is 0.399 e. The number of halogens is 1. The number of carbonyl (C=O) groups excluding carboxylic acids is 2. The van der Waals surface area contributed by atoms with Gasteiger partial charge < -0.3 is 16.4 Å². The molecule has 2 amide bonds. The Labute approximate surface area is 113 Å². The number of amides is 2. The third kappa shape index (κ3) is 6.10. The first-order valence-electron chi connectivity index (χ1n) is 5.49. The average Bonchev–Trinajstić information content (AvgIpc) is 2.30. The zero-order valence-electron chi connectivity index (χ0n) is 10.2. The third-order valence-electron chi connectivity index (χ3n) is 2.16. The molecule has 0 fully saturated rings. The van der Waals surface area contributed by atoms with Crippen LogP contribution in [0.4, 0.5) is 5.69 Å². The van der Waals surface area contributed by atoms with Crippen molar-refractivity contribution in [1.82, 2.24) is 10.6 Å². The molecule has 0 aliphatic carbocycles. The van der Waals surface area contributed by atoms with Gasteiger partial charge in [0.05, 0.1) is 13.0 Å². The van der Waals surface area contributed by atoms with Gasteiger partial charge in [-0.2, -0.15) is 0 Å². The second-order valence-electron chi connectivity index (χ2n) is 3.65. The van der Waals surface area contributed by atoms with Crippen LogP contribution in [0.15, 0.2) is 24.3 Å². The molecular weight excluding hydrogens is 254 g/mol. The monoisotopic (exact) mass is 271 g/mol. The number of likely N-dealkylation sites (N-methyl/N-ethyl adjacent to an activating group) is 1. The molecule has 0 aliphatic heterocycles. The van der Waals surface area contributed by atoms with Gasteiger partial charge in [-0.25, -0.2) is 0 Å². The normalized spacial score (nSPS) is 9.17. The van der Waals surface area contributed by atoms with Gasteiger partial charge in [0.15, 0.2) is 0 Å². The molecule has 1 aromatic rings. The zero-order chi connectivity index (χ0) is 12.7. The van der Waals surface area contributed by atoms with E-state index in [1.807, 2.05) is 6.92 Å². The second kappa shape index (κ2) is 8.36. The predicted octanol–water partition coefficient (Wildman–Crippen LogP) is 0.485. The molecule has 0 radical (unpaired) electrons. The molecule has 6 heteroatoms. The van der Waals surface area contributed by atoms with E-state index in [-0.39, 0.29) is 37.2 Å². The highest BCUT2D eigenvalue weighted by Crippen LogP contribution is 2.05. The van der Waals surface area contributed by atoms with E-state index in [1.165, 1.54) is 0 Å². The number of hydrogen-bond donors (Lipinski definition) is 3. The number of nitrogen functional groups attached to an aromatic ring is 1. The maximum atomic E-state index is 11.5. The Balaban J connectivity index is 0.00000289. The molecule has 0 saturated heterocycles. The maximum absolute atomic E-state index is 11.5. The molecule has 100 valence electrons. The standard InChI is InChI=1S/C12H17N3O2.ClH/c1-2-14-12(17)8-15-11(16)7-9-3-5-10(13)6-4-9;/h3-6H,2,7-8,13H2,1H3,(H,14,17)(H,15,16);1H. The Morgan fingerprint density at radius 2 is 1.72 bits per heavy atom. The van der Waals surface area contributed by atoms with Gasteiger partial charge in [0.2, 0.25) is 11.8 Å². The van der Waals surface area contributed by atoms with Gasteiger partial charge in [-0.15, -0.1) is 12.4 Å². The minimum atomic E-state index is -0.182. The van der Waals surface area contributed by atoms with Crippen LogP contribution in [0.1, 0.15) is 12.5 Å². The molecule has 0 aromatic heterocycles. The van der Waals surface area contributed by atoms with Gasteiger partial charge >= 0.3 is 0 Å². The molecule has 0 atom stereocenters. The van der Waals surface area contributed by atoms with E-state index in [9.17, 15) is 9.59 Å². The Morgan fingerprint density at radius 3 is 2.28 bits per heavy atom. The quantitative estimate of drug-likeness (QED) is 0.681. The lowest BCUT2D eigenvalue weighted by Crippen LogP contribution is -2.37. The first-order valence-corrected chi connectivity index (χ1v) is 5.49. The van der Waals surface area contributed by atoms with Crippen molar-refractivity contribution < 1.29 is 9.59 Å². The van der Waals surface area contributed by atoms with Crippen molar-refractivity contribution in [1.29, 1.82) is 0 Å². The number of benzene rings is 1. The topological polar surface area (TPSA) is 84.2 Å². The van der Waals surface area contributed by atoms with Crippen molar-refractivity contribution in [2.75, 3.05) is 18.8 Å². The summed E-state index contributed by atoms with van der Waals surface area (Å²) in [5, 5.41) is 5.15. The summed E-state index contributed by atoms with van der Waals surface area (Å²) in [6, 6.07) is 7.07. The molecule has 0 unspecified atom stereocenters. The molecule has 5 nitrogen and oxygen atoms in total. The summed E-state index contributed by atoms with van der Waals surface area (Å²) in [5.74, 6) is -0.362. The summed E-state index contributed by atoms with van der Waals surface area (Å²) < 4.78 is 0. The van der Waals surface area contributed by atoms with Gasteiger partial charge in [0.25, 0.3) is 0 Å².